The van der Waals surface area contributed by atoms with E-state index >= 15 is 0 Å². The number of nitrogens with zero attached hydrogens (tertiary/aromatic N) is 1. The van der Waals surface area contributed by atoms with Gasteiger partial charge in [-0.1, -0.05) is 12.1 Å². The largest absolute Gasteiger partial charge is 0.360 e. The van der Waals surface area contributed by atoms with Crippen LogP contribution in [0.3, 0.4) is 0 Å². The van der Waals surface area contributed by atoms with Gasteiger partial charge in [0.1, 0.15) is 6.23 Å². The van der Waals surface area contributed by atoms with Gasteiger partial charge in [-0.15, -0.1) is 0 Å². The van der Waals surface area contributed by atoms with Crippen LogP contribution < -0.4 is 5.32 Å². The van der Waals surface area contributed by atoms with E-state index in [-0.39, 0.29) is 18.2 Å². The molecule has 0 saturated carbocycles. The van der Waals surface area contributed by atoms with Crippen molar-refractivity contribution in [2.24, 2.45) is 0 Å². The summed E-state index contributed by atoms with van der Waals surface area (Å²) < 4.78 is 5.54. The van der Waals surface area contributed by atoms with Gasteiger partial charge in [0, 0.05) is 13.7 Å². The lowest BCUT2D eigenvalue weighted by Gasteiger charge is -2.28. The van der Waals surface area contributed by atoms with Gasteiger partial charge in [-0.05, 0) is 31.4 Å². The second-order valence-electron chi connectivity index (χ2n) is 5.01. The van der Waals surface area contributed by atoms with E-state index in [0.29, 0.717) is 0 Å². The Morgan fingerprint density at radius 2 is 2.28 bits per heavy atom. The molecular weight excluding hydrogens is 228 g/mol. The fourth-order valence-electron chi connectivity index (χ4n) is 3.01. The van der Waals surface area contributed by atoms with E-state index in [2.05, 4.69) is 5.32 Å². The lowest BCUT2D eigenvalue weighted by Crippen LogP contribution is -2.44. The van der Waals surface area contributed by atoms with Gasteiger partial charge >= 0.3 is 0 Å². The van der Waals surface area contributed by atoms with E-state index in [9.17, 15) is 4.79 Å². The maximum absolute atomic E-state index is 12.6. The monoisotopic (exact) mass is 246 g/mol. The average Bonchev–Trinajstić information content (AvgIpc) is 2.81. The number of hydrogen-bond donors (Lipinski definition) is 1. The van der Waals surface area contributed by atoms with Gasteiger partial charge < -0.3 is 15.0 Å². The number of carbonyl (C=O) groups is 1. The van der Waals surface area contributed by atoms with Crippen molar-refractivity contribution in [1.29, 1.82) is 0 Å². The molecule has 1 fully saturated rings. The van der Waals surface area contributed by atoms with Crippen LogP contribution in [0, 0.1) is 6.92 Å². The third kappa shape index (κ3) is 1.60. The summed E-state index contributed by atoms with van der Waals surface area (Å²) in [5.74, 6) is 0.128. The molecule has 96 valence electrons. The lowest BCUT2D eigenvalue weighted by molar-refractivity contribution is 0.0420. The molecule has 2 aliphatic rings. The number of aryl methyl sites for hydroxylation is 1. The van der Waals surface area contributed by atoms with Crippen molar-refractivity contribution in [3.8, 4) is 0 Å². The van der Waals surface area contributed by atoms with Gasteiger partial charge in [0.05, 0.1) is 17.3 Å². The predicted octanol–water partition coefficient (Wildman–Crippen LogP) is 2.00. The predicted molar refractivity (Wildman–Crippen MR) is 69.7 cm³/mol. The SMILES string of the molecule is COC1Nc2c(C)cccc2C(=O)N2CCCC12. The number of rotatable bonds is 1. The van der Waals surface area contributed by atoms with Crippen molar-refractivity contribution in [2.75, 3.05) is 19.0 Å². The average molecular weight is 246 g/mol. The van der Waals surface area contributed by atoms with E-state index < -0.39 is 0 Å². The van der Waals surface area contributed by atoms with Gasteiger partial charge in [-0.3, -0.25) is 4.79 Å². The first-order chi connectivity index (χ1) is 8.72. The van der Waals surface area contributed by atoms with Crippen molar-refractivity contribution >= 4 is 11.6 Å². The van der Waals surface area contributed by atoms with Crippen LogP contribution in [0.15, 0.2) is 18.2 Å². The molecule has 2 unspecified atom stereocenters. The number of fused-ring (bicyclic) bond motifs is 2. The Balaban J connectivity index is 2.10. The summed E-state index contributed by atoms with van der Waals surface area (Å²) in [6.07, 6.45) is 1.95. The fourth-order valence-corrected chi connectivity index (χ4v) is 3.01. The van der Waals surface area contributed by atoms with Crippen LogP contribution in [-0.2, 0) is 4.74 Å². The lowest BCUT2D eigenvalue weighted by atomic mass is 10.1. The number of ether oxygens (including phenoxy) is 1. The minimum atomic E-state index is -0.112. The number of carbonyl (C=O) groups excluding carboxylic acids is 1. The Morgan fingerprint density at radius 1 is 1.44 bits per heavy atom. The first-order valence-electron chi connectivity index (χ1n) is 6.42. The van der Waals surface area contributed by atoms with Crippen LogP contribution >= 0.6 is 0 Å². The quantitative estimate of drug-likeness (QED) is 0.824. The first kappa shape index (κ1) is 11.5. The maximum atomic E-state index is 12.6. The molecule has 4 nitrogen and oxygen atoms in total. The van der Waals surface area contributed by atoms with Crippen molar-refractivity contribution in [3.63, 3.8) is 0 Å². The number of benzene rings is 1. The van der Waals surface area contributed by atoms with Crippen LogP contribution in [-0.4, -0.2) is 36.7 Å². The number of anilines is 1. The Hall–Kier alpha value is -1.55. The van der Waals surface area contributed by atoms with Crippen molar-refractivity contribution in [2.45, 2.75) is 32.0 Å². The number of nitrogens with one attached hydrogen (secondary N) is 1. The standard InChI is InChI=1S/C14H18N2O2/c1-9-5-3-6-10-12(9)15-13(18-2)11-7-4-8-16(11)14(10)17/h3,5-6,11,13,15H,4,7-8H2,1-2H3. The normalized spacial score (nSPS) is 26.3. The first-order valence-corrected chi connectivity index (χ1v) is 6.42. The van der Waals surface area contributed by atoms with Crippen molar-refractivity contribution in [1.82, 2.24) is 4.90 Å². The molecule has 2 atom stereocenters. The summed E-state index contributed by atoms with van der Waals surface area (Å²) in [5.41, 5.74) is 2.77. The summed E-state index contributed by atoms with van der Waals surface area (Å²) in [7, 11) is 1.70. The molecule has 18 heavy (non-hydrogen) atoms. The number of amides is 1. The molecule has 4 heteroatoms. The van der Waals surface area contributed by atoms with Crippen LogP contribution in [0.25, 0.3) is 0 Å². The fraction of sp³-hybridized carbons (Fsp3) is 0.500. The van der Waals surface area contributed by atoms with Crippen LogP contribution in [0.4, 0.5) is 5.69 Å². The molecule has 2 aliphatic heterocycles. The summed E-state index contributed by atoms with van der Waals surface area (Å²) in [5, 5.41) is 3.39. The molecular formula is C14H18N2O2. The van der Waals surface area contributed by atoms with Gasteiger partial charge in [-0.25, -0.2) is 0 Å². The smallest absolute Gasteiger partial charge is 0.256 e. The van der Waals surface area contributed by atoms with Crippen LogP contribution in [0.1, 0.15) is 28.8 Å². The molecule has 0 radical (unpaired) electrons. The van der Waals surface area contributed by atoms with Gasteiger partial charge in [0.2, 0.25) is 0 Å². The molecule has 3 rings (SSSR count). The van der Waals surface area contributed by atoms with Gasteiger partial charge in [0.15, 0.2) is 0 Å². The highest BCUT2D eigenvalue weighted by molar-refractivity contribution is 6.01. The Kier molecular flexibility index (Phi) is 2.74. The van der Waals surface area contributed by atoms with Crippen molar-refractivity contribution < 1.29 is 9.53 Å². The van der Waals surface area contributed by atoms with E-state index in [1.165, 1.54) is 0 Å². The zero-order valence-electron chi connectivity index (χ0n) is 10.8. The van der Waals surface area contributed by atoms with E-state index in [0.717, 1.165) is 36.2 Å². The minimum absolute atomic E-state index is 0.112. The van der Waals surface area contributed by atoms with Crippen molar-refractivity contribution in [3.05, 3.63) is 29.3 Å². The van der Waals surface area contributed by atoms with Crippen LogP contribution in [0.5, 0.6) is 0 Å². The third-order valence-corrected chi connectivity index (χ3v) is 3.95. The molecule has 1 N–H and O–H groups in total. The summed E-state index contributed by atoms with van der Waals surface area (Å²) >= 11 is 0. The van der Waals surface area contributed by atoms with E-state index in [4.69, 9.17) is 4.74 Å². The molecule has 0 aromatic heterocycles. The second-order valence-corrected chi connectivity index (χ2v) is 5.01. The highest BCUT2D eigenvalue weighted by Crippen LogP contribution is 2.32. The van der Waals surface area contributed by atoms with Gasteiger partial charge in [0.25, 0.3) is 5.91 Å². The number of methoxy groups -OCH3 is 1. The molecule has 1 amide bonds. The minimum Gasteiger partial charge on any atom is -0.360 e. The summed E-state index contributed by atoms with van der Waals surface area (Å²) in [6, 6.07) is 5.99. The molecule has 1 saturated heterocycles. The molecule has 1 aromatic rings. The Bertz CT molecular complexity index is 487. The highest BCUT2D eigenvalue weighted by Gasteiger charge is 2.39. The molecule has 0 aliphatic carbocycles. The maximum Gasteiger partial charge on any atom is 0.256 e. The molecule has 0 bridgehead atoms. The molecule has 1 aromatic carbocycles. The number of hydrogen-bond acceptors (Lipinski definition) is 3. The van der Waals surface area contributed by atoms with E-state index in [1.807, 2.05) is 30.0 Å². The highest BCUT2D eigenvalue weighted by atomic mass is 16.5. The Labute approximate surface area is 107 Å². The number of para-hydroxylation sites is 1. The zero-order valence-corrected chi connectivity index (χ0v) is 10.8. The van der Waals surface area contributed by atoms with E-state index in [1.54, 1.807) is 7.11 Å². The second kappa shape index (κ2) is 4.28. The molecule has 0 spiro atoms. The van der Waals surface area contributed by atoms with Crippen LogP contribution in [0.2, 0.25) is 0 Å². The zero-order chi connectivity index (χ0) is 12.7. The summed E-state index contributed by atoms with van der Waals surface area (Å²) in [4.78, 5) is 14.5. The molecule has 2 heterocycles. The third-order valence-electron chi connectivity index (χ3n) is 3.95. The summed E-state index contributed by atoms with van der Waals surface area (Å²) in [6.45, 7) is 2.85. The Morgan fingerprint density at radius 3 is 3.06 bits per heavy atom. The topological polar surface area (TPSA) is 41.6 Å². The van der Waals surface area contributed by atoms with Gasteiger partial charge in [-0.2, -0.15) is 0 Å².